The first-order valence-electron chi connectivity index (χ1n) is 6.64. The second kappa shape index (κ2) is 6.23. The van der Waals surface area contributed by atoms with Gasteiger partial charge in [0.2, 0.25) is 0 Å². The number of nitrogens with two attached hydrogens (primary N) is 1. The molecule has 0 fully saturated rings. The standard InChI is InChI=1S/C17H18BrNO/c1-11(2)13-5-3-12(4-6-13)7-17(20)14-8-15(18)10-16(19)9-14/h3-6,8-11H,7,19H2,1-2H3. The fraction of sp³-hybridized carbons (Fsp3) is 0.235. The molecule has 0 amide bonds. The highest BCUT2D eigenvalue weighted by atomic mass is 79.9. The maximum Gasteiger partial charge on any atom is 0.167 e. The summed E-state index contributed by atoms with van der Waals surface area (Å²) in [5, 5.41) is 0. The van der Waals surface area contributed by atoms with E-state index in [-0.39, 0.29) is 5.78 Å². The van der Waals surface area contributed by atoms with E-state index in [9.17, 15) is 4.79 Å². The number of carbonyl (C=O) groups is 1. The van der Waals surface area contributed by atoms with E-state index >= 15 is 0 Å². The normalized spacial score (nSPS) is 10.8. The van der Waals surface area contributed by atoms with Gasteiger partial charge in [-0.3, -0.25) is 4.79 Å². The molecule has 0 radical (unpaired) electrons. The maximum atomic E-state index is 12.3. The SMILES string of the molecule is CC(C)c1ccc(CC(=O)c2cc(N)cc(Br)c2)cc1. The van der Waals surface area contributed by atoms with Crippen LogP contribution in [0.3, 0.4) is 0 Å². The van der Waals surface area contributed by atoms with Crippen molar-refractivity contribution in [1.82, 2.24) is 0 Å². The monoisotopic (exact) mass is 331 g/mol. The first kappa shape index (κ1) is 14.8. The predicted molar refractivity (Wildman–Crippen MR) is 87.1 cm³/mol. The Labute approximate surface area is 128 Å². The quantitative estimate of drug-likeness (QED) is 0.658. The van der Waals surface area contributed by atoms with Crippen LogP contribution in [-0.4, -0.2) is 5.78 Å². The van der Waals surface area contributed by atoms with Gasteiger partial charge in [0.05, 0.1) is 0 Å². The van der Waals surface area contributed by atoms with Crippen molar-refractivity contribution in [3.8, 4) is 0 Å². The second-order valence-corrected chi connectivity index (χ2v) is 6.19. The highest BCUT2D eigenvalue weighted by Crippen LogP contribution is 2.20. The summed E-state index contributed by atoms with van der Waals surface area (Å²) in [5.74, 6) is 0.583. The maximum absolute atomic E-state index is 12.3. The molecule has 0 bridgehead atoms. The van der Waals surface area contributed by atoms with Crippen LogP contribution >= 0.6 is 15.9 Å². The van der Waals surface area contributed by atoms with Crippen LogP contribution in [0.15, 0.2) is 46.9 Å². The van der Waals surface area contributed by atoms with Gasteiger partial charge >= 0.3 is 0 Å². The Balaban J connectivity index is 2.14. The molecule has 0 saturated carbocycles. The van der Waals surface area contributed by atoms with Crippen LogP contribution in [0, 0.1) is 0 Å². The molecule has 0 atom stereocenters. The molecule has 0 aliphatic rings. The summed E-state index contributed by atoms with van der Waals surface area (Å²) < 4.78 is 0.830. The van der Waals surface area contributed by atoms with E-state index in [1.807, 2.05) is 12.1 Å². The summed E-state index contributed by atoms with van der Waals surface area (Å²) in [6.07, 6.45) is 0.397. The van der Waals surface area contributed by atoms with Gasteiger partial charge in [-0.15, -0.1) is 0 Å². The molecule has 0 aromatic heterocycles. The van der Waals surface area contributed by atoms with Crippen molar-refractivity contribution in [1.29, 1.82) is 0 Å². The molecular weight excluding hydrogens is 314 g/mol. The number of Topliss-reactive ketones (excluding diaryl/α,β-unsaturated/α-hetero) is 1. The molecule has 2 aromatic carbocycles. The zero-order valence-corrected chi connectivity index (χ0v) is 13.3. The molecule has 3 heteroatoms. The molecule has 0 unspecified atom stereocenters. The summed E-state index contributed by atoms with van der Waals surface area (Å²) in [5.41, 5.74) is 9.31. The number of hydrogen-bond donors (Lipinski definition) is 1. The Morgan fingerprint density at radius 2 is 1.80 bits per heavy atom. The lowest BCUT2D eigenvalue weighted by atomic mass is 9.98. The van der Waals surface area contributed by atoms with Crippen LogP contribution in [0.2, 0.25) is 0 Å². The molecule has 2 rings (SSSR count). The summed E-state index contributed by atoms with van der Waals surface area (Å²) in [4.78, 5) is 12.3. The number of rotatable bonds is 4. The van der Waals surface area contributed by atoms with Crippen LogP contribution in [-0.2, 0) is 6.42 Å². The number of nitrogen functional groups attached to an aromatic ring is 1. The lowest BCUT2D eigenvalue weighted by Gasteiger charge is -2.07. The molecule has 104 valence electrons. The van der Waals surface area contributed by atoms with Crippen molar-refractivity contribution in [2.75, 3.05) is 5.73 Å². The van der Waals surface area contributed by atoms with Crippen molar-refractivity contribution in [3.05, 3.63) is 63.6 Å². The lowest BCUT2D eigenvalue weighted by Crippen LogP contribution is -2.04. The largest absolute Gasteiger partial charge is 0.399 e. The van der Waals surface area contributed by atoms with Gasteiger partial charge < -0.3 is 5.73 Å². The molecular formula is C17H18BrNO. The third-order valence-corrected chi connectivity index (χ3v) is 3.71. The van der Waals surface area contributed by atoms with E-state index in [0.717, 1.165) is 10.0 Å². The van der Waals surface area contributed by atoms with Gasteiger partial charge in [-0.2, -0.15) is 0 Å². The average Bonchev–Trinajstić information content (AvgIpc) is 2.38. The van der Waals surface area contributed by atoms with E-state index in [2.05, 4.69) is 41.9 Å². The van der Waals surface area contributed by atoms with E-state index in [1.165, 1.54) is 5.56 Å². The summed E-state index contributed by atoms with van der Waals surface area (Å²) in [7, 11) is 0. The minimum Gasteiger partial charge on any atom is -0.399 e. The Morgan fingerprint density at radius 1 is 1.15 bits per heavy atom. The summed E-state index contributed by atoms with van der Waals surface area (Å²) >= 11 is 3.36. The molecule has 2 aromatic rings. The van der Waals surface area contributed by atoms with Crippen LogP contribution < -0.4 is 5.73 Å². The van der Waals surface area contributed by atoms with Crippen molar-refractivity contribution >= 4 is 27.4 Å². The minimum atomic E-state index is 0.0790. The third kappa shape index (κ3) is 3.70. The van der Waals surface area contributed by atoms with Crippen molar-refractivity contribution in [2.45, 2.75) is 26.2 Å². The highest BCUT2D eigenvalue weighted by Gasteiger charge is 2.09. The van der Waals surface area contributed by atoms with E-state index in [4.69, 9.17) is 5.73 Å². The fourth-order valence-corrected chi connectivity index (χ4v) is 2.59. The Morgan fingerprint density at radius 3 is 2.35 bits per heavy atom. The van der Waals surface area contributed by atoms with Crippen LogP contribution in [0.25, 0.3) is 0 Å². The topological polar surface area (TPSA) is 43.1 Å². The van der Waals surface area contributed by atoms with Gasteiger partial charge in [0.1, 0.15) is 0 Å². The number of halogens is 1. The van der Waals surface area contributed by atoms with Gasteiger partial charge in [0, 0.05) is 22.1 Å². The van der Waals surface area contributed by atoms with Crippen molar-refractivity contribution < 1.29 is 4.79 Å². The Kier molecular flexibility index (Phi) is 4.61. The number of hydrogen-bond acceptors (Lipinski definition) is 2. The Hall–Kier alpha value is -1.61. The van der Waals surface area contributed by atoms with Gasteiger partial charge in [-0.25, -0.2) is 0 Å². The molecule has 2 N–H and O–H groups in total. The molecule has 0 heterocycles. The van der Waals surface area contributed by atoms with E-state index in [0.29, 0.717) is 23.6 Å². The first-order chi connectivity index (χ1) is 9.45. The second-order valence-electron chi connectivity index (χ2n) is 5.27. The third-order valence-electron chi connectivity index (χ3n) is 3.25. The van der Waals surface area contributed by atoms with Crippen LogP contribution in [0.4, 0.5) is 5.69 Å². The predicted octanol–water partition coefficient (Wildman–Crippen LogP) is 4.58. The number of carbonyl (C=O) groups excluding carboxylic acids is 1. The summed E-state index contributed by atoms with van der Waals surface area (Å²) in [6, 6.07) is 13.5. The molecule has 2 nitrogen and oxygen atoms in total. The zero-order chi connectivity index (χ0) is 14.7. The first-order valence-corrected chi connectivity index (χ1v) is 7.43. The van der Waals surface area contributed by atoms with Gasteiger partial charge in [0.25, 0.3) is 0 Å². The van der Waals surface area contributed by atoms with Crippen LogP contribution in [0.1, 0.15) is 41.3 Å². The molecule has 0 spiro atoms. The fourth-order valence-electron chi connectivity index (χ4n) is 2.08. The molecule has 0 aliphatic heterocycles. The number of anilines is 1. The Bertz CT molecular complexity index is 597. The molecule has 0 aliphatic carbocycles. The average molecular weight is 332 g/mol. The van der Waals surface area contributed by atoms with E-state index < -0.39 is 0 Å². The molecule has 20 heavy (non-hydrogen) atoms. The zero-order valence-electron chi connectivity index (χ0n) is 11.7. The van der Waals surface area contributed by atoms with Crippen molar-refractivity contribution in [2.24, 2.45) is 0 Å². The van der Waals surface area contributed by atoms with Gasteiger partial charge in [-0.1, -0.05) is 54.0 Å². The van der Waals surface area contributed by atoms with E-state index in [1.54, 1.807) is 18.2 Å². The summed E-state index contributed by atoms with van der Waals surface area (Å²) in [6.45, 7) is 4.31. The van der Waals surface area contributed by atoms with Gasteiger partial charge in [0.15, 0.2) is 5.78 Å². The minimum absolute atomic E-state index is 0.0790. The number of benzene rings is 2. The number of ketones is 1. The smallest absolute Gasteiger partial charge is 0.167 e. The highest BCUT2D eigenvalue weighted by molar-refractivity contribution is 9.10. The lowest BCUT2D eigenvalue weighted by molar-refractivity contribution is 0.0993. The van der Waals surface area contributed by atoms with Crippen LogP contribution in [0.5, 0.6) is 0 Å². The van der Waals surface area contributed by atoms with Crippen molar-refractivity contribution in [3.63, 3.8) is 0 Å². The molecule has 0 saturated heterocycles. The van der Waals surface area contributed by atoms with Gasteiger partial charge in [-0.05, 0) is 35.2 Å².